The van der Waals surface area contributed by atoms with Crippen LogP contribution in [0.1, 0.15) is 13.3 Å². The van der Waals surface area contributed by atoms with E-state index in [0.29, 0.717) is 6.61 Å². The lowest BCUT2D eigenvalue weighted by Crippen LogP contribution is -2.58. The molecule has 6 heteroatoms. The van der Waals surface area contributed by atoms with Crippen molar-refractivity contribution < 1.29 is 24.8 Å². The van der Waals surface area contributed by atoms with Gasteiger partial charge in [0.15, 0.2) is 6.29 Å². The molecule has 1 rings (SSSR count). The Bertz CT molecular complexity index is 189. The predicted molar refractivity (Wildman–Crippen MR) is 56.8 cm³/mol. The summed E-state index contributed by atoms with van der Waals surface area (Å²) in [6.07, 6.45) is -4.31. The number of aliphatic hydroxyl groups is 3. The fraction of sp³-hybridized carbons (Fsp3) is 1.00. The highest BCUT2D eigenvalue weighted by atomic mass is 32.1. The van der Waals surface area contributed by atoms with Crippen molar-refractivity contribution in [2.24, 2.45) is 0 Å². The Morgan fingerprint density at radius 1 is 1.20 bits per heavy atom. The molecule has 0 aromatic carbocycles. The minimum absolute atomic E-state index is 0.261. The number of hydrogen-bond acceptors (Lipinski definition) is 6. The molecule has 0 aromatic rings. The minimum atomic E-state index is -1.25. The molecule has 0 radical (unpaired) electrons. The van der Waals surface area contributed by atoms with Crippen molar-refractivity contribution in [2.45, 2.75) is 44.1 Å². The Labute approximate surface area is 94.4 Å². The SMILES string of the molecule is CCCO[C@@H]1OC(CS)[C@H](O)[C@H](O)C1O. The van der Waals surface area contributed by atoms with Gasteiger partial charge in [-0.3, -0.25) is 0 Å². The summed E-state index contributed by atoms with van der Waals surface area (Å²) in [5, 5.41) is 28.6. The molecule has 0 spiro atoms. The highest BCUT2D eigenvalue weighted by Crippen LogP contribution is 2.22. The van der Waals surface area contributed by atoms with Crippen LogP contribution < -0.4 is 0 Å². The van der Waals surface area contributed by atoms with Crippen LogP contribution in [0.5, 0.6) is 0 Å². The van der Waals surface area contributed by atoms with Crippen molar-refractivity contribution >= 4 is 12.6 Å². The summed E-state index contributed by atoms with van der Waals surface area (Å²) in [5.41, 5.74) is 0. The van der Waals surface area contributed by atoms with Gasteiger partial charge in [0, 0.05) is 12.4 Å². The average Bonchev–Trinajstić information content (AvgIpc) is 2.25. The van der Waals surface area contributed by atoms with E-state index in [-0.39, 0.29) is 5.75 Å². The third-order valence-corrected chi connectivity index (χ3v) is 2.69. The molecule has 2 unspecified atom stereocenters. The van der Waals surface area contributed by atoms with Crippen LogP contribution in [0, 0.1) is 0 Å². The van der Waals surface area contributed by atoms with Gasteiger partial charge in [-0.2, -0.15) is 12.6 Å². The highest BCUT2D eigenvalue weighted by Gasteiger charge is 2.43. The third kappa shape index (κ3) is 3.05. The Hall–Kier alpha value is 0.150. The summed E-state index contributed by atoms with van der Waals surface area (Å²) in [6.45, 7) is 2.36. The van der Waals surface area contributed by atoms with Gasteiger partial charge in [-0.1, -0.05) is 6.92 Å². The molecular weight excluding hydrogens is 220 g/mol. The van der Waals surface area contributed by atoms with Crippen LogP contribution >= 0.6 is 12.6 Å². The molecule has 0 aromatic heterocycles. The normalized spacial score (nSPS) is 41.8. The Morgan fingerprint density at radius 3 is 2.40 bits per heavy atom. The van der Waals surface area contributed by atoms with Gasteiger partial charge in [0.2, 0.25) is 0 Å². The number of thiol groups is 1. The van der Waals surface area contributed by atoms with Crippen LogP contribution in [-0.2, 0) is 9.47 Å². The van der Waals surface area contributed by atoms with E-state index in [1.165, 1.54) is 0 Å². The number of ether oxygens (including phenoxy) is 2. The maximum absolute atomic E-state index is 9.56. The fourth-order valence-corrected chi connectivity index (χ4v) is 1.74. The zero-order valence-corrected chi connectivity index (χ0v) is 9.51. The van der Waals surface area contributed by atoms with Gasteiger partial charge in [0.05, 0.1) is 6.10 Å². The Morgan fingerprint density at radius 2 is 1.87 bits per heavy atom. The van der Waals surface area contributed by atoms with Gasteiger partial charge in [-0.15, -0.1) is 0 Å². The van der Waals surface area contributed by atoms with Crippen LogP contribution in [0.25, 0.3) is 0 Å². The molecule has 90 valence electrons. The molecule has 0 bridgehead atoms. The van der Waals surface area contributed by atoms with Crippen LogP contribution in [0.3, 0.4) is 0 Å². The van der Waals surface area contributed by atoms with E-state index in [4.69, 9.17) is 9.47 Å². The first-order valence-electron chi connectivity index (χ1n) is 5.04. The fourth-order valence-electron chi connectivity index (χ4n) is 1.44. The van der Waals surface area contributed by atoms with E-state index in [2.05, 4.69) is 12.6 Å². The van der Waals surface area contributed by atoms with Crippen molar-refractivity contribution in [3.63, 3.8) is 0 Å². The summed E-state index contributed by atoms with van der Waals surface area (Å²) in [4.78, 5) is 0. The summed E-state index contributed by atoms with van der Waals surface area (Å²) >= 11 is 3.99. The second-order valence-electron chi connectivity index (χ2n) is 3.57. The van der Waals surface area contributed by atoms with Gasteiger partial charge in [-0.05, 0) is 6.42 Å². The first-order valence-corrected chi connectivity index (χ1v) is 5.67. The highest BCUT2D eigenvalue weighted by molar-refractivity contribution is 7.80. The molecule has 1 aliphatic heterocycles. The molecule has 1 heterocycles. The van der Waals surface area contributed by atoms with Gasteiger partial charge in [-0.25, -0.2) is 0 Å². The first-order chi connectivity index (χ1) is 7.11. The van der Waals surface area contributed by atoms with Gasteiger partial charge in [0.25, 0.3) is 0 Å². The monoisotopic (exact) mass is 238 g/mol. The van der Waals surface area contributed by atoms with E-state index < -0.39 is 30.7 Å². The lowest BCUT2D eigenvalue weighted by molar-refractivity contribution is -0.291. The van der Waals surface area contributed by atoms with Crippen molar-refractivity contribution in [3.8, 4) is 0 Å². The van der Waals surface area contributed by atoms with Crippen LogP contribution in [-0.4, -0.2) is 58.4 Å². The van der Waals surface area contributed by atoms with Crippen LogP contribution in [0.15, 0.2) is 0 Å². The minimum Gasteiger partial charge on any atom is -0.388 e. The molecule has 0 saturated carbocycles. The molecule has 0 amide bonds. The standard InChI is InChI=1S/C9H18O5S/c1-2-3-13-9-8(12)7(11)6(10)5(4-15)14-9/h5-12,15H,2-4H2,1H3/t5?,6-,7-,8?,9+/m0/s1. The summed E-state index contributed by atoms with van der Waals surface area (Å²) in [5.74, 6) is 0.261. The molecule has 5 nitrogen and oxygen atoms in total. The lowest BCUT2D eigenvalue weighted by atomic mass is 10.00. The van der Waals surface area contributed by atoms with Crippen molar-refractivity contribution in [1.82, 2.24) is 0 Å². The smallest absolute Gasteiger partial charge is 0.186 e. The molecule has 0 aliphatic carbocycles. The summed E-state index contributed by atoms with van der Waals surface area (Å²) in [6, 6.07) is 0. The molecule has 3 N–H and O–H groups in total. The molecule has 1 aliphatic rings. The second-order valence-corrected chi connectivity index (χ2v) is 3.93. The van der Waals surface area contributed by atoms with Crippen molar-refractivity contribution in [1.29, 1.82) is 0 Å². The van der Waals surface area contributed by atoms with Gasteiger partial charge in [0.1, 0.15) is 18.3 Å². The first kappa shape index (κ1) is 13.2. The van der Waals surface area contributed by atoms with Gasteiger partial charge < -0.3 is 24.8 Å². The topological polar surface area (TPSA) is 79.2 Å². The zero-order chi connectivity index (χ0) is 11.4. The largest absolute Gasteiger partial charge is 0.388 e. The van der Waals surface area contributed by atoms with Crippen molar-refractivity contribution in [2.75, 3.05) is 12.4 Å². The van der Waals surface area contributed by atoms with Gasteiger partial charge >= 0.3 is 0 Å². The maximum Gasteiger partial charge on any atom is 0.186 e. The summed E-state index contributed by atoms with van der Waals surface area (Å²) < 4.78 is 10.5. The molecular formula is C9H18O5S. The number of hydrogen-bond donors (Lipinski definition) is 4. The van der Waals surface area contributed by atoms with E-state index in [1.807, 2.05) is 6.92 Å². The van der Waals surface area contributed by atoms with Crippen LogP contribution in [0.4, 0.5) is 0 Å². The Kier molecular flexibility index (Phi) is 5.31. The molecule has 1 fully saturated rings. The third-order valence-electron chi connectivity index (χ3n) is 2.33. The van der Waals surface area contributed by atoms with E-state index >= 15 is 0 Å². The quantitative estimate of drug-likeness (QED) is 0.480. The lowest BCUT2D eigenvalue weighted by Gasteiger charge is -2.39. The zero-order valence-electron chi connectivity index (χ0n) is 8.61. The predicted octanol–water partition coefficient (Wildman–Crippen LogP) is -0.850. The number of aliphatic hydroxyl groups excluding tert-OH is 3. The van der Waals surface area contributed by atoms with Crippen LogP contribution in [0.2, 0.25) is 0 Å². The van der Waals surface area contributed by atoms with E-state index in [1.54, 1.807) is 0 Å². The second kappa shape index (κ2) is 6.03. The number of rotatable bonds is 4. The molecule has 15 heavy (non-hydrogen) atoms. The van der Waals surface area contributed by atoms with E-state index in [9.17, 15) is 15.3 Å². The van der Waals surface area contributed by atoms with E-state index in [0.717, 1.165) is 6.42 Å². The maximum atomic E-state index is 9.56. The van der Waals surface area contributed by atoms with Crippen molar-refractivity contribution in [3.05, 3.63) is 0 Å². The summed E-state index contributed by atoms with van der Waals surface area (Å²) in [7, 11) is 0. The molecule has 5 atom stereocenters. The molecule has 1 saturated heterocycles. The Balaban J connectivity index is 2.57. The average molecular weight is 238 g/mol.